The summed E-state index contributed by atoms with van der Waals surface area (Å²) < 4.78 is 12.8. The molecule has 1 rings (SSSR count). The second-order valence-corrected chi connectivity index (χ2v) is 3.54. The van der Waals surface area contributed by atoms with Crippen LogP contribution in [0.15, 0.2) is 18.2 Å². The van der Waals surface area contributed by atoms with Crippen molar-refractivity contribution in [2.45, 2.75) is 6.92 Å². The quantitative estimate of drug-likeness (QED) is 0.607. The van der Waals surface area contributed by atoms with Gasteiger partial charge in [0.15, 0.2) is 0 Å². The van der Waals surface area contributed by atoms with Crippen molar-refractivity contribution in [2.24, 2.45) is 5.92 Å². The SMILES string of the molecule is CC(CNc1ccc(F)cc1[N+](=O)[O-])C(=O)O. The van der Waals surface area contributed by atoms with Crippen molar-refractivity contribution in [3.05, 3.63) is 34.1 Å². The van der Waals surface area contributed by atoms with Gasteiger partial charge in [-0.2, -0.15) is 0 Å². The molecule has 0 radical (unpaired) electrons. The molecule has 6 nitrogen and oxygen atoms in total. The van der Waals surface area contributed by atoms with E-state index < -0.39 is 28.3 Å². The molecule has 0 bridgehead atoms. The number of carboxylic acids is 1. The molecule has 0 spiro atoms. The first-order valence-electron chi connectivity index (χ1n) is 4.82. The van der Waals surface area contributed by atoms with Crippen LogP contribution >= 0.6 is 0 Å². The van der Waals surface area contributed by atoms with Crippen molar-refractivity contribution in [3.8, 4) is 0 Å². The highest BCUT2D eigenvalue weighted by atomic mass is 19.1. The van der Waals surface area contributed by atoms with Crippen molar-refractivity contribution in [2.75, 3.05) is 11.9 Å². The minimum absolute atomic E-state index is 0.0296. The molecule has 0 heterocycles. The third-order valence-corrected chi connectivity index (χ3v) is 2.18. The number of hydrogen-bond donors (Lipinski definition) is 2. The summed E-state index contributed by atoms with van der Waals surface area (Å²) in [6, 6.07) is 3.07. The van der Waals surface area contributed by atoms with Gasteiger partial charge in [0, 0.05) is 6.54 Å². The van der Waals surface area contributed by atoms with Gasteiger partial charge in [0.25, 0.3) is 5.69 Å². The Bertz CT molecular complexity index is 450. The first-order chi connectivity index (χ1) is 7.91. The molecule has 0 saturated heterocycles. The standard InChI is InChI=1S/C10H11FN2O4/c1-6(10(14)15)5-12-8-3-2-7(11)4-9(8)13(16)17/h2-4,6,12H,5H2,1H3,(H,14,15). The number of halogens is 1. The lowest BCUT2D eigenvalue weighted by Gasteiger charge is -2.09. The van der Waals surface area contributed by atoms with E-state index in [1.165, 1.54) is 13.0 Å². The average molecular weight is 242 g/mol. The van der Waals surface area contributed by atoms with Gasteiger partial charge in [-0.3, -0.25) is 14.9 Å². The van der Waals surface area contributed by atoms with Crippen LogP contribution in [0.4, 0.5) is 15.8 Å². The third kappa shape index (κ3) is 3.40. The Morgan fingerprint density at radius 1 is 1.65 bits per heavy atom. The van der Waals surface area contributed by atoms with Crippen LogP contribution in [0.2, 0.25) is 0 Å². The largest absolute Gasteiger partial charge is 0.481 e. The van der Waals surface area contributed by atoms with Gasteiger partial charge in [-0.1, -0.05) is 6.92 Å². The fraction of sp³-hybridized carbons (Fsp3) is 0.300. The van der Waals surface area contributed by atoms with Gasteiger partial charge in [-0.05, 0) is 12.1 Å². The first kappa shape index (κ1) is 12.9. The van der Waals surface area contributed by atoms with E-state index in [4.69, 9.17) is 5.11 Å². The molecule has 0 aliphatic carbocycles. The molecule has 92 valence electrons. The smallest absolute Gasteiger partial charge is 0.308 e. The molecule has 0 aliphatic rings. The molecule has 0 saturated carbocycles. The van der Waals surface area contributed by atoms with E-state index in [1.54, 1.807) is 0 Å². The second kappa shape index (κ2) is 5.24. The van der Waals surface area contributed by atoms with Crippen molar-refractivity contribution in [1.82, 2.24) is 0 Å². The number of benzene rings is 1. The van der Waals surface area contributed by atoms with E-state index in [-0.39, 0.29) is 12.2 Å². The topological polar surface area (TPSA) is 92.5 Å². The van der Waals surface area contributed by atoms with Crippen LogP contribution in [0.1, 0.15) is 6.92 Å². The number of nitro groups is 1. The Morgan fingerprint density at radius 2 is 2.29 bits per heavy atom. The highest BCUT2D eigenvalue weighted by molar-refractivity contribution is 5.71. The highest BCUT2D eigenvalue weighted by Crippen LogP contribution is 2.25. The predicted octanol–water partition coefficient (Wildman–Crippen LogP) is 1.87. The fourth-order valence-electron chi connectivity index (χ4n) is 1.16. The zero-order valence-electron chi connectivity index (χ0n) is 9.01. The van der Waals surface area contributed by atoms with Gasteiger partial charge in [-0.15, -0.1) is 0 Å². The van der Waals surface area contributed by atoms with Crippen LogP contribution in [-0.2, 0) is 4.79 Å². The molecule has 2 N–H and O–H groups in total. The number of hydrogen-bond acceptors (Lipinski definition) is 4. The molecule has 7 heteroatoms. The van der Waals surface area contributed by atoms with E-state index in [9.17, 15) is 19.3 Å². The molecule has 0 aromatic heterocycles. The van der Waals surface area contributed by atoms with Crippen LogP contribution < -0.4 is 5.32 Å². The maximum Gasteiger partial charge on any atom is 0.308 e. The number of nitrogens with zero attached hydrogens (tertiary/aromatic N) is 1. The van der Waals surface area contributed by atoms with Gasteiger partial charge in [0.2, 0.25) is 0 Å². The number of aliphatic carboxylic acids is 1. The lowest BCUT2D eigenvalue weighted by molar-refractivity contribution is -0.384. The van der Waals surface area contributed by atoms with E-state index in [0.717, 1.165) is 12.1 Å². The maximum atomic E-state index is 12.8. The second-order valence-electron chi connectivity index (χ2n) is 3.54. The summed E-state index contributed by atoms with van der Waals surface area (Å²) in [5.74, 6) is -2.42. The number of nitrogens with one attached hydrogen (secondary N) is 1. The number of carboxylic acid groups (broad SMARTS) is 1. The summed E-state index contributed by atoms with van der Waals surface area (Å²) in [5, 5.41) is 21.9. The van der Waals surface area contributed by atoms with E-state index in [1.807, 2.05) is 0 Å². The summed E-state index contributed by atoms with van der Waals surface area (Å²) in [7, 11) is 0. The normalized spacial score (nSPS) is 11.9. The molecule has 0 amide bonds. The van der Waals surface area contributed by atoms with Crippen molar-refractivity contribution < 1.29 is 19.2 Å². The molecule has 1 aromatic carbocycles. The van der Waals surface area contributed by atoms with Crippen molar-refractivity contribution in [3.63, 3.8) is 0 Å². The molecule has 0 aliphatic heterocycles. The van der Waals surface area contributed by atoms with E-state index >= 15 is 0 Å². The summed E-state index contributed by atoms with van der Waals surface area (Å²) in [6.07, 6.45) is 0. The van der Waals surface area contributed by atoms with Crippen LogP contribution in [0.3, 0.4) is 0 Å². The fourth-order valence-corrected chi connectivity index (χ4v) is 1.16. The minimum Gasteiger partial charge on any atom is -0.481 e. The molecule has 1 atom stereocenters. The zero-order chi connectivity index (χ0) is 13.0. The number of nitro benzene ring substituents is 1. The molecular weight excluding hydrogens is 231 g/mol. The van der Waals surface area contributed by atoms with Crippen LogP contribution in [0, 0.1) is 21.8 Å². The third-order valence-electron chi connectivity index (χ3n) is 2.18. The average Bonchev–Trinajstić information content (AvgIpc) is 2.26. The van der Waals surface area contributed by atoms with Gasteiger partial charge in [-0.25, -0.2) is 4.39 Å². The molecule has 1 unspecified atom stereocenters. The summed E-state index contributed by atoms with van der Waals surface area (Å²) in [4.78, 5) is 20.5. The van der Waals surface area contributed by atoms with E-state index in [2.05, 4.69) is 5.32 Å². The number of carbonyl (C=O) groups is 1. The van der Waals surface area contributed by atoms with Crippen LogP contribution in [0.5, 0.6) is 0 Å². The monoisotopic (exact) mass is 242 g/mol. The zero-order valence-corrected chi connectivity index (χ0v) is 9.01. The van der Waals surface area contributed by atoms with Crippen LogP contribution in [0.25, 0.3) is 0 Å². The highest BCUT2D eigenvalue weighted by Gasteiger charge is 2.17. The first-order valence-corrected chi connectivity index (χ1v) is 4.82. The number of rotatable bonds is 5. The van der Waals surface area contributed by atoms with Gasteiger partial charge < -0.3 is 10.4 Å². The maximum absolute atomic E-state index is 12.8. The minimum atomic E-state index is -1.01. The molecular formula is C10H11FN2O4. The van der Waals surface area contributed by atoms with Crippen molar-refractivity contribution >= 4 is 17.3 Å². The van der Waals surface area contributed by atoms with Gasteiger partial charge in [0.05, 0.1) is 16.9 Å². The van der Waals surface area contributed by atoms with Crippen molar-refractivity contribution in [1.29, 1.82) is 0 Å². The van der Waals surface area contributed by atoms with Gasteiger partial charge in [0.1, 0.15) is 11.5 Å². The van der Waals surface area contributed by atoms with Crippen LogP contribution in [-0.4, -0.2) is 22.5 Å². The molecule has 0 fully saturated rings. The lowest BCUT2D eigenvalue weighted by Crippen LogP contribution is -2.20. The Labute approximate surface area is 96.2 Å². The Hall–Kier alpha value is -2.18. The Morgan fingerprint density at radius 3 is 2.82 bits per heavy atom. The number of anilines is 1. The van der Waals surface area contributed by atoms with E-state index in [0.29, 0.717) is 0 Å². The van der Waals surface area contributed by atoms with Gasteiger partial charge >= 0.3 is 5.97 Å². The Kier molecular flexibility index (Phi) is 3.97. The lowest BCUT2D eigenvalue weighted by atomic mass is 10.2. The predicted molar refractivity (Wildman–Crippen MR) is 58.3 cm³/mol. The Balaban J connectivity index is 2.84. The molecule has 1 aromatic rings. The summed E-state index contributed by atoms with van der Waals surface area (Å²) in [5.41, 5.74) is -0.313. The summed E-state index contributed by atoms with van der Waals surface area (Å²) in [6.45, 7) is 1.49. The molecule has 17 heavy (non-hydrogen) atoms. The summed E-state index contributed by atoms with van der Waals surface area (Å²) >= 11 is 0.